The summed E-state index contributed by atoms with van der Waals surface area (Å²) in [6, 6.07) is 8.03. The van der Waals surface area contributed by atoms with Crippen LogP contribution in [0.15, 0.2) is 30.3 Å². The minimum absolute atomic E-state index is 0.0102. The van der Waals surface area contributed by atoms with Crippen molar-refractivity contribution in [2.24, 2.45) is 0 Å². The molecule has 0 aromatic heterocycles. The predicted molar refractivity (Wildman–Crippen MR) is 86.9 cm³/mol. The highest BCUT2D eigenvalue weighted by atomic mass is 16.2. The van der Waals surface area contributed by atoms with Crippen molar-refractivity contribution in [2.45, 2.75) is 18.9 Å². The van der Waals surface area contributed by atoms with Crippen LogP contribution in [-0.4, -0.2) is 60.9 Å². The number of carbonyl (C=O) groups excluding carboxylic acids is 3. The third kappa shape index (κ3) is 4.79. The largest absolute Gasteiger partial charge is 0.347 e. The molecule has 124 valence electrons. The normalized spacial score (nSPS) is 17.6. The Morgan fingerprint density at radius 1 is 1.22 bits per heavy atom. The molecular formula is C16H22N4O3. The summed E-state index contributed by atoms with van der Waals surface area (Å²) in [5.74, 6) is -0.430. The van der Waals surface area contributed by atoms with E-state index in [-0.39, 0.29) is 18.5 Å². The summed E-state index contributed by atoms with van der Waals surface area (Å²) < 4.78 is 0. The molecule has 2 rings (SSSR count). The fraction of sp³-hybridized carbons (Fsp3) is 0.438. The first-order valence-corrected chi connectivity index (χ1v) is 7.58. The van der Waals surface area contributed by atoms with Crippen LogP contribution in [0, 0.1) is 0 Å². The summed E-state index contributed by atoms with van der Waals surface area (Å²) in [6.07, 6.45) is 1.61. The molecule has 23 heavy (non-hydrogen) atoms. The summed E-state index contributed by atoms with van der Waals surface area (Å²) in [7, 11) is 3.40. The van der Waals surface area contributed by atoms with E-state index < -0.39 is 11.9 Å². The monoisotopic (exact) mass is 318 g/mol. The number of nitrogens with zero attached hydrogens (tertiary/aromatic N) is 2. The van der Waals surface area contributed by atoms with Crippen LogP contribution in [0.4, 0.5) is 10.5 Å². The van der Waals surface area contributed by atoms with E-state index >= 15 is 0 Å². The minimum atomic E-state index is -0.573. The van der Waals surface area contributed by atoms with E-state index in [0.717, 1.165) is 12.8 Å². The van der Waals surface area contributed by atoms with E-state index in [1.165, 1.54) is 4.90 Å². The molecule has 0 aliphatic carbocycles. The minimum Gasteiger partial charge on any atom is -0.347 e. The van der Waals surface area contributed by atoms with E-state index in [4.69, 9.17) is 0 Å². The molecule has 0 saturated carbocycles. The average Bonchev–Trinajstić information content (AvgIpc) is 2.94. The molecule has 1 aliphatic heterocycles. The fourth-order valence-electron chi connectivity index (χ4n) is 2.63. The number of hydrogen-bond donors (Lipinski definition) is 2. The van der Waals surface area contributed by atoms with E-state index in [9.17, 15) is 14.4 Å². The van der Waals surface area contributed by atoms with Gasteiger partial charge in [0.25, 0.3) is 0 Å². The number of likely N-dealkylation sites (tertiary alicyclic amines) is 1. The Morgan fingerprint density at radius 3 is 2.57 bits per heavy atom. The van der Waals surface area contributed by atoms with Crippen LogP contribution in [-0.2, 0) is 9.59 Å². The molecular weight excluding hydrogens is 296 g/mol. The van der Waals surface area contributed by atoms with Crippen molar-refractivity contribution in [3.63, 3.8) is 0 Å². The number of imide groups is 1. The Labute approximate surface area is 135 Å². The van der Waals surface area contributed by atoms with E-state index in [0.29, 0.717) is 12.2 Å². The maximum atomic E-state index is 12.1. The van der Waals surface area contributed by atoms with Crippen LogP contribution in [0.1, 0.15) is 12.8 Å². The Hall–Kier alpha value is -2.41. The number of amides is 4. The van der Waals surface area contributed by atoms with Crippen LogP contribution in [0.3, 0.4) is 0 Å². The molecule has 1 aliphatic rings. The number of likely N-dealkylation sites (N-methyl/N-ethyl adjacent to an activating group) is 1. The molecule has 0 bridgehead atoms. The molecule has 7 heteroatoms. The quantitative estimate of drug-likeness (QED) is 0.864. The van der Waals surface area contributed by atoms with Crippen molar-refractivity contribution in [3.05, 3.63) is 30.3 Å². The van der Waals surface area contributed by atoms with Crippen molar-refractivity contribution >= 4 is 23.5 Å². The third-order valence-electron chi connectivity index (χ3n) is 3.72. The molecule has 2 N–H and O–H groups in total. The Balaban J connectivity index is 1.84. The maximum absolute atomic E-state index is 12.1. The highest BCUT2D eigenvalue weighted by Crippen LogP contribution is 2.18. The second-order valence-corrected chi connectivity index (χ2v) is 5.73. The van der Waals surface area contributed by atoms with Crippen LogP contribution in [0.25, 0.3) is 0 Å². The SMILES string of the molecule is CN(C)C(=O)C1CCCN1CC(=O)NC(=O)Nc1ccccc1. The van der Waals surface area contributed by atoms with Gasteiger partial charge in [-0.05, 0) is 31.5 Å². The summed E-state index contributed by atoms with van der Waals surface area (Å²) in [6.45, 7) is 0.713. The molecule has 1 aromatic rings. The van der Waals surface area contributed by atoms with E-state index in [2.05, 4.69) is 10.6 Å². The first-order chi connectivity index (χ1) is 11.0. The zero-order chi connectivity index (χ0) is 16.8. The Bertz CT molecular complexity index is 574. The van der Waals surface area contributed by atoms with Crippen molar-refractivity contribution in [2.75, 3.05) is 32.5 Å². The number of urea groups is 1. The highest BCUT2D eigenvalue weighted by molar-refractivity contribution is 6.01. The smallest absolute Gasteiger partial charge is 0.325 e. The lowest BCUT2D eigenvalue weighted by molar-refractivity contribution is -0.134. The van der Waals surface area contributed by atoms with Crippen LogP contribution < -0.4 is 10.6 Å². The van der Waals surface area contributed by atoms with Gasteiger partial charge >= 0.3 is 6.03 Å². The summed E-state index contributed by atoms with van der Waals surface area (Å²) in [5, 5.41) is 4.87. The molecule has 0 spiro atoms. The van der Waals surface area contributed by atoms with Crippen molar-refractivity contribution < 1.29 is 14.4 Å². The topological polar surface area (TPSA) is 81.8 Å². The summed E-state index contributed by atoms with van der Waals surface area (Å²) in [5.41, 5.74) is 0.611. The average molecular weight is 318 g/mol. The molecule has 1 saturated heterocycles. The van der Waals surface area contributed by atoms with Crippen molar-refractivity contribution in [3.8, 4) is 0 Å². The second-order valence-electron chi connectivity index (χ2n) is 5.73. The van der Waals surface area contributed by atoms with Gasteiger partial charge in [-0.1, -0.05) is 18.2 Å². The number of para-hydroxylation sites is 1. The standard InChI is InChI=1S/C16H22N4O3/c1-19(2)15(22)13-9-6-10-20(13)11-14(21)18-16(23)17-12-7-4-3-5-8-12/h3-5,7-8,13H,6,9-11H2,1-2H3,(H2,17,18,21,23). The van der Waals surface area contributed by atoms with Gasteiger partial charge in [0.05, 0.1) is 12.6 Å². The lowest BCUT2D eigenvalue weighted by atomic mass is 10.2. The van der Waals surface area contributed by atoms with Gasteiger partial charge in [-0.3, -0.25) is 19.8 Å². The molecule has 1 fully saturated rings. The number of nitrogens with one attached hydrogen (secondary N) is 2. The Kier molecular flexibility index (Phi) is 5.70. The van der Waals surface area contributed by atoms with Crippen LogP contribution in [0.5, 0.6) is 0 Å². The lowest BCUT2D eigenvalue weighted by Gasteiger charge is -2.25. The van der Waals surface area contributed by atoms with Gasteiger partial charge in [0.2, 0.25) is 11.8 Å². The zero-order valence-corrected chi connectivity index (χ0v) is 13.4. The Morgan fingerprint density at radius 2 is 1.91 bits per heavy atom. The van der Waals surface area contributed by atoms with E-state index in [1.807, 2.05) is 11.0 Å². The molecule has 1 heterocycles. The van der Waals surface area contributed by atoms with Gasteiger partial charge in [0.15, 0.2) is 0 Å². The van der Waals surface area contributed by atoms with Crippen LogP contribution in [0.2, 0.25) is 0 Å². The number of benzene rings is 1. The number of anilines is 1. The molecule has 4 amide bonds. The molecule has 0 radical (unpaired) electrons. The predicted octanol–water partition coefficient (Wildman–Crippen LogP) is 0.887. The zero-order valence-electron chi connectivity index (χ0n) is 13.4. The maximum Gasteiger partial charge on any atom is 0.325 e. The van der Waals surface area contributed by atoms with Crippen molar-refractivity contribution in [1.29, 1.82) is 0 Å². The molecule has 1 aromatic carbocycles. The highest BCUT2D eigenvalue weighted by Gasteiger charge is 2.32. The number of rotatable bonds is 4. The summed E-state index contributed by atoms with van der Waals surface area (Å²) in [4.78, 5) is 39.2. The second kappa shape index (κ2) is 7.73. The van der Waals surface area contributed by atoms with Gasteiger partial charge in [0.1, 0.15) is 0 Å². The van der Waals surface area contributed by atoms with Gasteiger partial charge in [-0.2, -0.15) is 0 Å². The number of carbonyl (C=O) groups is 3. The first-order valence-electron chi connectivity index (χ1n) is 7.58. The van der Waals surface area contributed by atoms with Crippen molar-refractivity contribution in [1.82, 2.24) is 15.1 Å². The van der Waals surface area contributed by atoms with Gasteiger partial charge < -0.3 is 10.2 Å². The fourth-order valence-corrected chi connectivity index (χ4v) is 2.63. The third-order valence-corrected chi connectivity index (χ3v) is 3.72. The van der Waals surface area contributed by atoms with Crippen LogP contribution >= 0.6 is 0 Å². The summed E-state index contributed by atoms with van der Waals surface area (Å²) >= 11 is 0. The molecule has 1 unspecified atom stereocenters. The van der Waals surface area contributed by atoms with Gasteiger partial charge in [0, 0.05) is 19.8 Å². The molecule has 7 nitrogen and oxygen atoms in total. The van der Waals surface area contributed by atoms with Gasteiger partial charge in [-0.25, -0.2) is 4.79 Å². The van der Waals surface area contributed by atoms with Gasteiger partial charge in [-0.15, -0.1) is 0 Å². The first kappa shape index (κ1) is 17.0. The lowest BCUT2D eigenvalue weighted by Crippen LogP contribution is -2.48. The number of hydrogen-bond acceptors (Lipinski definition) is 4. The van der Waals surface area contributed by atoms with E-state index in [1.54, 1.807) is 38.4 Å². The molecule has 1 atom stereocenters.